The number of piperidine rings is 1. The fourth-order valence-electron chi connectivity index (χ4n) is 10.5. The van der Waals surface area contributed by atoms with Gasteiger partial charge in [-0.25, -0.2) is 28.1 Å². The number of sulfonamides is 1. The Bertz CT molecular complexity index is 2640. The third kappa shape index (κ3) is 9.02. The van der Waals surface area contributed by atoms with Gasteiger partial charge >= 0.3 is 5.69 Å². The molecule has 2 aliphatic heterocycles. The van der Waals surface area contributed by atoms with E-state index >= 15 is 0 Å². The molecule has 4 N–H and O–H groups in total. The zero-order chi connectivity index (χ0) is 44.8. The van der Waals surface area contributed by atoms with Crippen LogP contribution in [0.4, 0.5) is 17.3 Å². The monoisotopic (exact) mass is 891 g/mol. The van der Waals surface area contributed by atoms with E-state index in [0.29, 0.717) is 54.6 Å². The summed E-state index contributed by atoms with van der Waals surface area (Å²) in [5, 5.41) is 26.2. The van der Waals surface area contributed by atoms with Gasteiger partial charge in [-0.1, -0.05) is 38.1 Å². The highest BCUT2D eigenvalue weighted by Crippen LogP contribution is 2.54. The summed E-state index contributed by atoms with van der Waals surface area (Å²) in [6, 6.07) is 16.1. The van der Waals surface area contributed by atoms with Crippen molar-refractivity contribution in [1.29, 1.82) is 0 Å². The second kappa shape index (κ2) is 17.4. The molecule has 0 unspecified atom stereocenters. The molecule has 1 spiro atoms. The first-order valence-corrected chi connectivity index (χ1v) is 24.0. The molecule has 4 fully saturated rings. The number of aromatic nitrogens is 4. The lowest BCUT2D eigenvalue weighted by atomic mass is 9.60. The number of fused-ring (bicyclic) bond motifs is 1. The van der Waals surface area contributed by atoms with Crippen LogP contribution in [-0.4, -0.2) is 87.0 Å². The Hall–Kier alpha value is -5.65. The van der Waals surface area contributed by atoms with Crippen LogP contribution < -0.4 is 19.7 Å². The van der Waals surface area contributed by atoms with E-state index in [4.69, 9.17) is 4.74 Å². The van der Waals surface area contributed by atoms with E-state index in [2.05, 4.69) is 77.9 Å². The van der Waals surface area contributed by atoms with E-state index in [9.17, 15) is 28.4 Å². The first-order valence-electron chi connectivity index (χ1n) is 22.5. The molecular weight excluding hydrogens is 835 g/mol. The molecule has 9 rings (SSSR count). The fourth-order valence-corrected chi connectivity index (χ4v) is 11.4. The number of carbonyl (C=O) groups excluding carboxylic acids is 1. The molecule has 4 aliphatic rings. The largest absolute Gasteiger partial charge is 0.455 e. The number of ether oxygens (including phenoxy) is 1. The molecule has 64 heavy (non-hydrogen) atoms. The van der Waals surface area contributed by atoms with Gasteiger partial charge < -0.3 is 25.0 Å². The number of carbonyl (C=O) groups is 1. The van der Waals surface area contributed by atoms with E-state index in [-0.39, 0.29) is 28.5 Å². The summed E-state index contributed by atoms with van der Waals surface area (Å²) in [5.74, 6) is 0.541. The number of rotatable bonds is 13. The molecular formula is C47H57N9O7S. The van der Waals surface area contributed by atoms with Crippen LogP contribution in [0.3, 0.4) is 0 Å². The summed E-state index contributed by atoms with van der Waals surface area (Å²) in [7, 11) is -4.65. The van der Waals surface area contributed by atoms with Crippen LogP contribution in [0.2, 0.25) is 0 Å². The highest BCUT2D eigenvalue weighted by Gasteiger charge is 2.50. The highest BCUT2D eigenvalue weighted by atomic mass is 32.2. The minimum absolute atomic E-state index is 0.0769. The van der Waals surface area contributed by atoms with Gasteiger partial charge in [-0.05, 0) is 118 Å². The van der Waals surface area contributed by atoms with Crippen LogP contribution in [-0.2, 0) is 10.0 Å². The number of nitrogens with one attached hydrogen (secondary N) is 3. The van der Waals surface area contributed by atoms with Crippen LogP contribution in [0, 0.1) is 21.4 Å². The number of nitro groups is 1. The van der Waals surface area contributed by atoms with Gasteiger partial charge in [-0.3, -0.25) is 19.8 Å². The second-order valence-electron chi connectivity index (χ2n) is 19.0. The van der Waals surface area contributed by atoms with Crippen molar-refractivity contribution in [3.63, 3.8) is 0 Å². The van der Waals surface area contributed by atoms with Crippen LogP contribution in [0.25, 0.3) is 11.0 Å². The first-order chi connectivity index (χ1) is 30.7. The van der Waals surface area contributed by atoms with Crippen molar-refractivity contribution in [2.24, 2.45) is 11.3 Å². The van der Waals surface area contributed by atoms with Crippen molar-refractivity contribution in [3.8, 4) is 11.5 Å². The molecule has 4 aromatic heterocycles. The van der Waals surface area contributed by atoms with Gasteiger partial charge in [0.15, 0.2) is 0 Å². The SMILES string of the molecule is CC(C)c1ccccc1[C@H]1CCCN1C1CC2(CCN(c3cc(Oc4cnc5[nH]ccc5c4)c(C(=O)NS(=O)(=O)c4cnc(NCC5CCC(C)(O)CC5)c([N+](=O)[O-])c4)cn3)CC2)C1. The Morgan fingerprint density at radius 3 is 2.52 bits per heavy atom. The maximum Gasteiger partial charge on any atom is 0.312 e. The topological polar surface area (TPSA) is 209 Å². The number of anilines is 2. The third-order valence-corrected chi connectivity index (χ3v) is 15.5. The average Bonchev–Trinajstić information content (AvgIpc) is 3.95. The van der Waals surface area contributed by atoms with Crippen molar-refractivity contribution in [3.05, 3.63) is 100 Å². The molecule has 338 valence electrons. The lowest BCUT2D eigenvalue weighted by molar-refractivity contribution is -0.384. The van der Waals surface area contributed by atoms with Crippen molar-refractivity contribution in [1.82, 2.24) is 29.6 Å². The molecule has 1 atom stereocenters. The molecule has 1 amide bonds. The van der Waals surface area contributed by atoms with Gasteiger partial charge in [-0.2, -0.15) is 0 Å². The summed E-state index contributed by atoms with van der Waals surface area (Å²) in [5.41, 5.74) is 2.44. The summed E-state index contributed by atoms with van der Waals surface area (Å²) in [6.45, 7) is 9.41. The lowest BCUT2D eigenvalue weighted by Crippen LogP contribution is -2.55. The highest BCUT2D eigenvalue weighted by molar-refractivity contribution is 7.90. The smallest absolute Gasteiger partial charge is 0.312 e. The van der Waals surface area contributed by atoms with Crippen LogP contribution in [0.5, 0.6) is 11.5 Å². The predicted molar refractivity (Wildman–Crippen MR) is 243 cm³/mol. The van der Waals surface area contributed by atoms with Gasteiger partial charge in [0.05, 0.1) is 22.9 Å². The summed E-state index contributed by atoms with van der Waals surface area (Å²) < 4.78 is 35.7. The van der Waals surface area contributed by atoms with Gasteiger partial charge in [0.25, 0.3) is 15.9 Å². The molecule has 2 saturated carbocycles. The lowest BCUT2D eigenvalue weighted by Gasteiger charge is -2.56. The van der Waals surface area contributed by atoms with Gasteiger partial charge in [0, 0.05) is 61.6 Å². The maximum absolute atomic E-state index is 13.9. The Morgan fingerprint density at radius 2 is 1.77 bits per heavy atom. The molecule has 17 heteroatoms. The number of hydrogen-bond donors (Lipinski definition) is 4. The molecule has 5 aromatic rings. The number of hydrogen-bond acceptors (Lipinski definition) is 13. The van der Waals surface area contributed by atoms with E-state index in [1.165, 1.54) is 49.2 Å². The second-order valence-corrected chi connectivity index (χ2v) is 20.7. The number of benzene rings is 1. The van der Waals surface area contributed by atoms with Crippen molar-refractivity contribution < 1.29 is 28.0 Å². The predicted octanol–water partition coefficient (Wildman–Crippen LogP) is 8.23. The minimum atomic E-state index is -4.65. The van der Waals surface area contributed by atoms with E-state index < -0.39 is 37.0 Å². The molecule has 0 radical (unpaired) electrons. The van der Waals surface area contributed by atoms with Gasteiger partial charge in [0.2, 0.25) is 5.82 Å². The third-order valence-electron chi connectivity index (χ3n) is 14.2. The molecule has 1 aromatic carbocycles. The number of H-pyrrole nitrogens is 1. The Morgan fingerprint density at radius 1 is 1.00 bits per heavy atom. The number of likely N-dealkylation sites (tertiary alicyclic amines) is 1. The van der Waals surface area contributed by atoms with Gasteiger partial charge in [0.1, 0.15) is 33.4 Å². The quantitative estimate of drug-likeness (QED) is 0.0650. The standard InChI is InChI=1S/C47H57N9O7S/c1-30(2)36-7-4-5-8-37(36)39-9-6-18-55(39)33-24-47(25-33)15-19-54(20-16-47)42-23-41(63-34-21-32-12-17-48-43(32)51-27-34)38(29-49-42)45(57)53-64(61,62)35-22-40(56(59)60)44(52-28-35)50-26-31-10-13-46(3,58)14-11-31/h4-5,7-8,12,17,21-23,27-31,33,39,58H,6,9-11,13-16,18-20,24-26H2,1-3H3,(H,48,51)(H,50,52)(H,53,57)/t31?,39-,46?/m1/s1. The van der Waals surface area contributed by atoms with Crippen LogP contribution in [0.15, 0.2) is 78.2 Å². The van der Waals surface area contributed by atoms with Crippen LogP contribution >= 0.6 is 0 Å². The first kappa shape index (κ1) is 43.6. The van der Waals surface area contributed by atoms with Crippen molar-refractivity contribution in [2.75, 3.05) is 36.4 Å². The van der Waals surface area contributed by atoms with Gasteiger partial charge in [-0.15, -0.1) is 0 Å². The Kier molecular flexibility index (Phi) is 11.8. The van der Waals surface area contributed by atoms with E-state index in [1.54, 1.807) is 25.3 Å². The zero-order valence-corrected chi connectivity index (χ0v) is 37.4. The molecule has 16 nitrogen and oxygen atoms in total. The van der Waals surface area contributed by atoms with Crippen molar-refractivity contribution in [2.45, 2.75) is 113 Å². The van der Waals surface area contributed by atoms with E-state index in [0.717, 1.165) is 63.0 Å². The average molecular weight is 892 g/mol. The summed E-state index contributed by atoms with van der Waals surface area (Å²) in [6.07, 6.45) is 15.0. The number of aliphatic hydroxyl groups is 1. The normalized spacial score (nSPS) is 22.7. The number of pyridine rings is 3. The Labute approximate surface area is 373 Å². The van der Waals surface area contributed by atoms with Crippen molar-refractivity contribution >= 4 is 44.3 Å². The number of nitrogens with zero attached hydrogens (tertiary/aromatic N) is 6. The molecule has 0 bridgehead atoms. The van der Waals surface area contributed by atoms with E-state index in [1.807, 2.05) is 6.07 Å². The number of aromatic amines is 1. The Balaban J connectivity index is 0.895. The summed E-state index contributed by atoms with van der Waals surface area (Å²) >= 11 is 0. The zero-order valence-electron chi connectivity index (χ0n) is 36.6. The molecule has 6 heterocycles. The molecule has 2 saturated heterocycles. The number of amides is 1. The summed E-state index contributed by atoms with van der Waals surface area (Å²) in [4.78, 5) is 45.9. The minimum Gasteiger partial charge on any atom is -0.455 e. The molecule has 2 aliphatic carbocycles. The fraction of sp³-hybridized carbons (Fsp3) is 0.489. The van der Waals surface area contributed by atoms with Crippen LogP contribution in [0.1, 0.15) is 118 Å². The maximum atomic E-state index is 13.9.